The molecule has 1 aromatic carbocycles. The van der Waals surface area contributed by atoms with Crippen LogP contribution in [0.1, 0.15) is 23.2 Å². The van der Waals surface area contributed by atoms with Crippen LogP contribution in [0, 0.1) is 0 Å². The van der Waals surface area contributed by atoms with Crippen LogP contribution in [0.5, 0.6) is 0 Å². The summed E-state index contributed by atoms with van der Waals surface area (Å²) in [4.78, 5) is 14.1. The summed E-state index contributed by atoms with van der Waals surface area (Å²) < 4.78 is 23.7. The Hall–Kier alpha value is -0.720. The maximum Gasteiger partial charge on any atom is 0.165 e. The Bertz CT molecular complexity index is 600. The van der Waals surface area contributed by atoms with Gasteiger partial charge in [-0.2, -0.15) is 0 Å². The molecule has 0 saturated carbocycles. The maximum absolute atomic E-state index is 12.1. The minimum Gasteiger partial charge on any atom is -0.302 e. The van der Waals surface area contributed by atoms with E-state index in [9.17, 15) is 13.2 Å². The van der Waals surface area contributed by atoms with Gasteiger partial charge in [0.2, 0.25) is 0 Å². The summed E-state index contributed by atoms with van der Waals surface area (Å²) in [7, 11) is -0.984. The van der Waals surface area contributed by atoms with E-state index in [4.69, 9.17) is 0 Å². The van der Waals surface area contributed by atoms with E-state index < -0.39 is 9.84 Å². The van der Waals surface area contributed by atoms with Crippen LogP contribution < -0.4 is 0 Å². The van der Waals surface area contributed by atoms with E-state index in [1.165, 1.54) is 0 Å². The Kier molecular flexibility index (Phi) is 4.99. The second kappa shape index (κ2) is 6.37. The third-order valence-corrected chi connectivity index (χ3v) is 6.14. The van der Waals surface area contributed by atoms with Gasteiger partial charge in [0, 0.05) is 29.0 Å². The van der Waals surface area contributed by atoms with Crippen LogP contribution in [0.15, 0.2) is 28.7 Å². The molecular weight excluding hydrogens is 342 g/mol. The Morgan fingerprint density at radius 3 is 2.70 bits per heavy atom. The van der Waals surface area contributed by atoms with Crippen molar-refractivity contribution in [2.24, 2.45) is 0 Å². The van der Waals surface area contributed by atoms with Crippen molar-refractivity contribution in [3.63, 3.8) is 0 Å². The van der Waals surface area contributed by atoms with Gasteiger partial charge in [-0.1, -0.05) is 34.1 Å². The van der Waals surface area contributed by atoms with E-state index in [1.807, 2.05) is 30.1 Å². The summed E-state index contributed by atoms with van der Waals surface area (Å²) in [5.41, 5.74) is 0.681. The first kappa shape index (κ1) is 15.7. The molecule has 1 aromatic rings. The molecule has 0 aromatic heterocycles. The second-order valence-corrected chi connectivity index (χ2v) is 8.27. The fraction of sp³-hybridized carbons (Fsp3) is 0.500. The Morgan fingerprint density at radius 2 is 2.10 bits per heavy atom. The lowest BCUT2D eigenvalue weighted by molar-refractivity contribution is 0.0962. The molecule has 0 N–H and O–H groups in total. The predicted molar refractivity (Wildman–Crippen MR) is 82.8 cm³/mol. The topological polar surface area (TPSA) is 54.5 Å². The van der Waals surface area contributed by atoms with Crippen LogP contribution in [0.3, 0.4) is 0 Å². The quantitative estimate of drug-likeness (QED) is 0.755. The fourth-order valence-corrected chi connectivity index (χ4v) is 4.72. The van der Waals surface area contributed by atoms with E-state index in [1.54, 1.807) is 6.07 Å². The Labute approximate surface area is 128 Å². The number of rotatable bonds is 5. The summed E-state index contributed by atoms with van der Waals surface area (Å²) >= 11 is 3.37. The van der Waals surface area contributed by atoms with Crippen molar-refractivity contribution in [1.82, 2.24) is 4.90 Å². The first-order valence-corrected chi connectivity index (χ1v) is 9.19. The van der Waals surface area contributed by atoms with Gasteiger partial charge < -0.3 is 4.90 Å². The minimum atomic E-state index is -2.87. The summed E-state index contributed by atoms with van der Waals surface area (Å²) in [6, 6.07) is 7.40. The number of ketones is 1. The summed E-state index contributed by atoms with van der Waals surface area (Å²) in [5.74, 6) is 0.553. The van der Waals surface area contributed by atoms with Crippen LogP contribution in [0.4, 0.5) is 0 Å². The van der Waals surface area contributed by atoms with Crippen LogP contribution >= 0.6 is 15.9 Å². The zero-order valence-electron chi connectivity index (χ0n) is 11.4. The molecule has 0 bridgehead atoms. The van der Waals surface area contributed by atoms with Crippen molar-refractivity contribution in [2.75, 3.05) is 25.1 Å². The number of sulfone groups is 1. The van der Waals surface area contributed by atoms with Crippen LogP contribution in [0.25, 0.3) is 0 Å². The van der Waals surface area contributed by atoms with Gasteiger partial charge >= 0.3 is 0 Å². The molecule has 0 aliphatic carbocycles. The van der Waals surface area contributed by atoms with Crippen LogP contribution in [0.2, 0.25) is 0 Å². The molecular formula is C14H18BrNO3S. The van der Waals surface area contributed by atoms with Crippen molar-refractivity contribution < 1.29 is 13.2 Å². The molecule has 1 aliphatic heterocycles. The van der Waals surface area contributed by atoms with Gasteiger partial charge in [0.05, 0.1) is 11.5 Å². The van der Waals surface area contributed by atoms with E-state index in [-0.39, 0.29) is 23.3 Å². The first-order valence-electron chi connectivity index (χ1n) is 6.57. The van der Waals surface area contributed by atoms with E-state index in [0.29, 0.717) is 24.9 Å². The smallest absolute Gasteiger partial charge is 0.165 e. The molecule has 1 heterocycles. The lowest BCUT2D eigenvalue weighted by Crippen LogP contribution is -2.34. The SMILES string of the molecule is CN(CCC(=O)c1ccccc1Br)C1CCS(=O)(=O)C1. The highest BCUT2D eigenvalue weighted by molar-refractivity contribution is 9.10. The third kappa shape index (κ3) is 3.90. The minimum absolute atomic E-state index is 0.0482. The van der Waals surface area contributed by atoms with E-state index in [0.717, 1.165) is 4.47 Å². The standard InChI is InChI=1S/C14H18BrNO3S/c1-16(11-7-9-20(18,19)10-11)8-6-14(17)12-4-2-3-5-13(12)15/h2-5,11H,6-10H2,1H3. The lowest BCUT2D eigenvalue weighted by atomic mass is 10.1. The molecule has 0 spiro atoms. The van der Waals surface area contributed by atoms with Crippen molar-refractivity contribution in [3.8, 4) is 0 Å². The molecule has 0 amide bonds. The summed E-state index contributed by atoms with van der Waals surface area (Å²) in [6.07, 6.45) is 1.07. The third-order valence-electron chi connectivity index (χ3n) is 3.70. The van der Waals surface area contributed by atoms with Gasteiger partial charge in [0.15, 0.2) is 15.6 Å². The van der Waals surface area contributed by atoms with Gasteiger partial charge in [-0.25, -0.2) is 8.42 Å². The molecule has 0 radical (unpaired) electrons. The Balaban J connectivity index is 1.89. The number of hydrogen-bond donors (Lipinski definition) is 0. The van der Waals surface area contributed by atoms with Gasteiger partial charge in [-0.05, 0) is 19.5 Å². The van der Waals surface area contributed by atoms with Gasteiger partial charge in [0.25, 0.3) is 0 Å². The fourth-order valence-electron chi connectivity index (χ4n) is 2.41. The molecule has 1 saturated heterocycles. The number of carbonyl (C=O) groups excluding carboxylic acids is 1. The average Bonchev–Trinajstić information content (AvgIpc) is 2.76. The number of Topliss-reactive ketones (excluding diaryl/α,β-unsaturated/α-hetero) is 1. The normalized spacial score (nSPS) is 21.2. The highest BCUT2D eigenvalue weighted by Gasteiger charge is 2.30. The van der Waals surface area contributed by atoms with Gasteiger partial charge in [-0.3, -0.25) is 4.79 Å². The molecule has 20 heavy (non-hydrogen) atoms. The lowest BCUT2D eigenvalue weighted by Gasteiger charge is -2.22. The highest BCUT2D eigenvalue weighted by atomic mass is 79.9. The second-order valence-electron chi connectivity index (χ2n) is 5.19. The number of benzene rings is 1. The number of halogens is 1. The maximum atomic E-state index is 12.1. The molecule has 1 unspecified atom stereocenters. The van der Waals surface area contributed by atoms with Crippen molar-refractivity contribution in [3.05, 3.63) is 34.3 Å². The monoisotopic (exact) mass is 359 g/mol. The molecule has 4 nitrogen and oxygen atoms in total. The molecule has 1 aliphatic rings. The van der Waals surface area contributed by atoms with Gasteiger partial charge in [-0.15, -0.1) is 0 Å². The largest absolute Gasteiger partial charge is 0.302 e. The van der Waals surface area contributed by atoms with Gasteiger partial charge in [0.1, 0.15) is 0 Å². The highest BCUT2D eigenvalue weighted by Crippen LogP contribution is 2.19. The van der Waals surface area contributed by atoms with Crippen LogP contribution in [-0.2, 0) is 9.84 Å². The molecule has 110 valence electrons. The molecule has 6 heteroatoms. The number of carbonyl (C=O) groups is 1. The van der Waals surface area contributed by atoms with E-state index >= 15 is 0 Å². The number of nitrogens with zero attached hydrogens (tertiary/aromatic N) is 1. The average molecular weight is 360 g/mol. The Morgan fingerprint density at radius 1 is 1.40 bits per heavy atom. The predicted octanol–water partition coefficient (Wildman–Crippen LogP) is 2.14. The van der Waals surface area contributed by atoms with Crippen molar-refractivity contribution >= 4 is 31.6 Å². The molecule has 2 rings (SSSR count). The summed E-state index contributed by atoms with van der Waals surface area (Å²) in [5, 5.41) is 0. The zero-order chi connectivity index (χ0) is 14.8. The van der Waals surface area contributed by atoms with Crippen LogP contribution in [-0.4, -0.2) is 50.2 Å². The van der Waals surface area contributed by atoms with Crippen molar-refractivity contribution in [1.29, 1.82) is 0 Å². The zero-order valence-corrected chi connectivity index (χ0v) is 13.8. The first-order chi connectivity index (χ1) is 9.39. The number of hydrogen-bond acceptors (Lipinski definition) is 4. The summed E-state index contributed by atoms with van der Waals surface area (Å²) in [6.45, 7) is 0.584. The van der Waals surface area contributed by atoms with Crippen molar-refractivity contribution in [2.45, 2.75) is 18.9 Å². The molecule has 1 atom stereocenters. The van der Waals surface area contributed by atoms with E-state index in [2.05, 4.69) is 15.9 Å². The molecule has 1 fully saturated rings.